The average molecular weight is 403 g/mol. The molecule has 29 heavy (non-hydrogen) atoms. The zero-order valence-electron chi connectivity index (χ0n) is 15.6. The SMILES string of the molecule is O=[N+]([O-])c1ccc(Cl)c([C@@H]2Nc3c(-c4ccccc4)cccc3[C@H]3C=CC[C@H]32)c1. The predicted octanol–water partition coefficient (Wildman–Crippen LogP) is 6.74. The molecule has 0 fully saturated rings. The van der Waals surface area contributed by atoms with Crippen molar-refractivity contribution >= 4 is 23.0 Å². The van der Waals surface area contributed by atoms with Gasteiger partial charge in [-0.15, -0.1) is 0 Å². The lowest BCUT2D eigenvalue weighted by Crippen LogP contribution is -2.29. The van der Waals surface area contributed by atoms with Gasteiger partial charge < -0.3 is 5.32 Å². The third-order valence-electron chi connectivity index (χ3n) is 6.01. The highest BCUT2D eigenvalue weighted by Gasteiger charge is 2.39. The number of nitrogens with one attached hydrogen (secondary N) is 1. The molecule has 1 aliphatic carbocycles. The van der Waals surface area contributed by atoms with Crippen LogP contribution >= 0.6 is 11.6 Å². The maximum atomic E-state index is 11.3. The number of nitro groups is 1. The minimum Gasteiger partial charge on any atom is -0.377 e. The number of benzene rings is 3. The van der Waals surface area contributed by atoms with E-state index in [0.717, 1.165) is 28.8 Å². The van der Waals surface area contributed by atoms with Gasteiger partial charge in [-0.3, -0.25) is 10.1 Å². The van der Waals surface area contributed by atoms with Crippen LogP contribution < -0.4 is 5.32 Å². The number of allylic oxidation sites excluding steroid dienone is 2. The summed E-state index contributed by atoms with van der Waals surface area (Å²) < 4.78 is 0. The Hall–Kier alpha value is -3.11. The van der Waals surface area contributed by atoms with Gasteiger partial charge >= 0.3 is 0 Å². The van der Waals surface area contributed by atoms with Crippen LogP contribution in [0.25, 0.3) is 11.1 Å². The first-order chi connectivity index (χ1) is 14.1. The standard InChI is InChI=1S/C24H19ClN2O2/c25-22-13-12-16(27(28)29)14-21(22)24-20-11-5-9-18(20)19-10-4-8-17(23(19)26-24)15-6-2-1-3-7-15/h1-10,12-14,18,20,24,26H,11H2/t18-,20-,24-/m1/s1. The molecule has 1 heterocycles. The molecule has 0 amide bonds. The normalized spacial score (nSPS) is 21.9. The van der Waals surface area contributed by atoms with E-state index in [1.807, 2.05) is 18.2 Å². The minimum atomic E-state index is -0.365. The molecular formula is C24H19ClN2O2. The van der Waals surface area contributed by atoms with E-state index in [1.165, 1.54) is 11.6 Å². The predicted molar refractivity (Wildman–Crippen MR) is 116 cm³/mol. The third kappa shape index (κ3) is 3.00. The molecule has 5 heteroatoms. The highest BCUT2D eigenvalue weighted by molar-refractivity contribution is 6.31. The van der Waals surface area contributed by atoms with Crippen molar-refractivity contribution in [2.24, 2.45) is 5.92 Å². The lowest BCUT2D eigenvalue weighted by Gasteiger charge is -2.38. The molecular weight excluding hydrogens is 384 g/mol. The van der Waals surface area contributed by atoms with Crippen LogP contribution in [0.1, 0.15) is 29.5 Å². The smallest absolute Gasteiger partial charge is 0.269 e. The fourth-order valence-electron chi connectivity index (χ4n) is 4.67. The fourth-order valence-corrected chi connectivity index (χ4v) is 4.91. The number of hydrogen-bond donors (Lipinski definition) is 1. The minimum absolute atomic E-state index is 0.0656. The molecule has 144 valence electrons. The van der Waals surface area contributed by atoms with Crippen molar-refractivity contribution in [1.29, 1.82) is 0 Å². The zero-order valence-corrected chi connectivity index (χ0v) is 16.3. The van der Waals surface area contributed by atoms with Crippen molar-refractivity contribution in [2.75, 3.05) is 5.32 Å². The van der Waals surface area contributed by atoms with E-state index in [9.17, 15) is 10.1 Å². The van der Waals surface area contributed by atoms with Gasteiger partial charge in [-0.1, -0.05) is 72.3 Å². The van der Waals surface area contributed by atoms with Crippen LogP contribution in [0.5, 0.6) is 0 Å². The van der Waals surface area contributed by atoms with Gasteiger partial charge in [0, 0.05) is 39.9 Å². The molecule has 3 atom stereocenters. The van der Waals surface area contributed by atoms with Crippen LogP contribution in [0.2, 0.25) is 5.02 Å². The number of halogens is 1. The van der Waals surface area contributed by atoms with Crippen LogP contribution in [-0.4, -0.2) is 4.92 Å². The van der Waals surface area contributed by atoms with E-state index in [4.69, 9.17) is 11.6 Å². The van der Waals surface area contributed by atoms with E-state index < -0.39 is 0 Å². The quantitative estimate of drug-likeness (QED) is 0.300. The molecule has 3 aromatic rings. The Morgan fingerprint density at radius 2 is 1.83 bits per heavy atom. The first-order valence-electron chi connectivity index (χ1n) is 9.69. The molecule has 4 nitrogen and oxygen atoms in total. The van der Waals surface area contributed by atoms with E-state index in [1.54, 1.807) is 12.1 Å². The van der Waals surface area contributed by atoms with Crippen molar-refractivity contribution in [3.05, 3.63) is 105 Å². The number of nitro benzene ring substituents is 1. The molecule has 0 saturated carbocycles. The van der Waals surface area contributed by atoms with Crippen LogP contribution in [0.3, 0.4) is 0 Å². The Kier molecular flexibility index (Phi) is 4.36. The van der Waals surface area contributed by atoms with Gasteiger partial charge in [0.05, 0.1) is 11.0 Å². The number of fused-ring (bicyclic) bond motifs is 3. The summed E-state index contributed by atoms with van der Waals surface area (Å²) in [5, 5.41) is 15.6. The second-order valence-corrected chi connectivity index (χ2v) is 7.98. The van der Waals surface area contributed by atoms with Crippen molar-refractivity contribution in [1.82, 2.24) is 0 Å². The van der Waals surface area contributed by atoms with Gasteiger partial charge in [0.2, 0.25) is 0 Å². The van der Waals surface area contributed by atoms with Crippen LogP contribution in [0, 0.1) is 16.0 Å². The average Bonchev–Trinajstić information content (AvgIpc) is 3.24. The number of non-ortho nitro benzene ring substituents is 1. The van der Waals surface area contributed by atoms with Gasteiger partial charge in [-0.2, -0.15) is 0 Å². The van der Waals surface area contributed by atoms with Gasteiger partial charge in [0.25, 0.3) is 5.69 Å². The van der Waals surface area contributed by atoms with E-state index >= 15 is 0 Å². The Balaban J connectivity index is 1.66. The lowest BCUT2D eigenvalue weighted by molar-refractivity contribution is -0.384. The van der Waals surface area contributed by atoms with Gasteiger partial charge in [-0.25, -0.2) is 0 Å². The molecule has 0 radical (unpaired) electrons. The molecule has 5 rings (SSSR count). The topological polar surface area (TPSA) is 55.2 Å². The maximum Gasteiger partial charge on any atom is 0.269 e. The van der Waals surface area contributed by atoms with Crippen LogP contribution in [-0.2, 0) is 0 Å². The Morgan fingerprint density at radius 3 is 2.62 bits per heavy atom. The molecule has 0 aromatic heterocycles. The molecule has 0 bridgehead atoms. The summed E-state index contributed by atoms with van der Waals surface area (Å²) in [5.74, 6) is 0.531. The monoisotopic (exact) mass is 402 g/mol. The van der Waals surface area contributed by atoms with Crippen molar-refractivity contribution in [2.45, 2.75) is 18.4 Å². The van der Waals surface area contributed by atoms with Crippen molar-refractivity contribution < 1.29 is 4.92 Å². The molecule has 0 saturated heterocycles. The first-order valence-corrected chi connectivity index (χ1v) is 10.1. The number of hydrogen-bond acceptors (Lipinski definition) is 3. The fraction of sp³-hybridized carbons (Fsp3) is 0.167. The highest BCUT2D eigenvalue weighted by Crippen LogP contribution is 2.53. The molecule has 3 aromatic carbocycles. The van der Waals surface area contributed by atoms with Gasteiger partial charge in [0.1, 0.15) is 0 Å². The largest absolute Gasteiger partial charge is 0.377 e. The first kappa shape index (κ1) is 18.0. The Morgan fingerprint density at radius 1 is 1.00 bits per heavy atom. The molecule has 0 unspecified atom stereocenters. The second kappa shape index (κ2) is 7.05. The highest BCUT2D eigenvalue weighted by atomic mass is 35.5. The second-order valence-electron chi connectivity index (χ2n) is 7.57. The summed E-state index contributed by atoms with van der Waals surface area (Å²) in [5.41, 5.74) is 5.47. The summed E-state index contributed by atoms with van der Waals surface area (Å²) >= 11 is 6.53. The van der Waals surface area contributed by atoms with E-state index in [2.05, 4.69) is 47.8 Å². The lowest BCUT2D eigenvalue weighted by atomic mass is 9.76. The molecule has 0 spiro atoms. The van der Waals surface area contributed by atoms with Crippen molar-refractivity contribution in [3.63, 3.8) is 0 Å². The number of nitrogens with zero attached hydrogens (tertiary/aromatic N) is 1. The number of anilines is 1. The third-order valence-corrected chi connectivity index (χ3v) is 6.35. The molecule has 1 N–H and O–H groups in total. The van der Waals surface area contributed by atoms with E-state index in [-0.39, 0.29) is 28.5 Å². The zero-order chi connectivity index (χ0) is 20.0. The molecule has 1 aliphatic heterocycles. The van der Waals surface area contributed by atoms with Crippen molar-refractivity contribution in [3.8, 4) is 11.1 Å². The summed E-state index contributed by atoms with van der Waals surface area (Å²) in [4.78, 5) is 11.0. The van der Waals surface area contributed by atoms with E-state index in [0.29, 0.717) is 5.02 Å². The van der Waals surface area contributed by atoms with Gasteiger partial charge in [-0.05, 0) is 29.5 Å². The summed E-state index contributed by atoms with van der Waals surface area (Å²) in [6.45, 7) is 0. The number of rotatable bonds is 3. The Bertz CT molecular complexity index is 1130. The Labute approximate surface area is 174 Å². The van der Waals surface area contributed by atoms with Gasteiger partial charge in [0.15, 0.2) is 0 Å². The van der Waals surface area contributed by atoms with Crippen LogP contribution in [0.4, 0.5) is 11.4 Å². The summed E-state index contributed by atoms with van der Waals surface area (Å²) in [6, 6.07) is 21.3. The molecule has 2 aliphatic rings. The number of para-hydroxylation sites is 1. The van der Waals surface area contributed by atoms with Crippen LogP contribution in [0.15, 0.2) is 78.9 Å². The maximum absolute atomic E-state index is 11.3. The summed E-state index contributed by atoms with van der Waals surface area (Å²) in [6.07, 6.45) is 5.38. The summed E-state index contributed by atoms with van der Waals surface area (Å²) in [7, 11) is 0.